The summed E-state index contributed by atoms with van der Waals surface area (Å²) >= 11 is 0. The number of nitriles is 1. The maximum atomic E-state index is 12.1. The fraction of sp³-hybridized carbons (Fsp3) is 0.727. The van der Waals surface area contributed by atoms with Crippen LogP contribution >= 0.6 is 0 Å². The van der Waals surface area contributed by atoms with E-state index in [1.807, 2.05) is 6.19 Å². The fourth-order valence-electron chi connectivity index (χ4n) is 3.36. The SMILES string of the molecule is N#CNC1=NC2C(=O)C3CCCCC3C2N1. The monoisotopic (exact) mass is 218 g/mol. The van der Waals surface area contributed by atoms with Crippen molar-refractivity contribution in [3.05, 3.63) is 0 Å². The maximum Gasteiger partial charge on any atom is 0.205 e. The van der Waals surface area contributed by atoms with Gasteiger partial charge in [0.2, 0.25) is 5.96 Å². The van der Waals surface area contributed by atoms with Crippen molar-refractivity contribution in [2.24, 2.45) is 16.8 Å². The van der Waals surface area contributed by atoms with Crippen LogP contribution in [0.2, 0.25) is 0 Å². The topological polar surface area (TPSA) is 77.3 Å². The summed E-state index contributed by atoms with van der Waals surface area (Å²) in [7, 11) is 0. The summed E-state index contributed by atoms with van der Waals surface area (Å²) in [6.07, 6.45) is 6.34. The molecule has 0 spiro atoms. The molecule has 3 rings (SSSR count). The molecule has 84 valence electrons. The Morgan fingerprint density at radius 3 is 3.06 bits per heavy atom. The molecule has 4 unspecified atom stereocenters. The summed E-state index contributed by atoms with van der Waals surface area (Å²) in [5.41, 5.74) is 0. The Morgan fingerprint density at radius 1 is 1.44 bits per heavy atom. The minimum absolute atomic E-state index is 0.133. The van der Waals surface area contributed by atoms with E-state index in [1.165, 1.54) is 12.8 Å². The van der Waals surface area contributed by atoms with Crippen molar-refractivity contribution in [1.82, 2.24) is 10.6 Å². The minimum atomic E-state index is -0.246. The van der Waals surface area contributed by atoms with E-state index in [-0.39, 0.29) is 23.8 Å². The first-order valence-corrected chi connectivity index (χ1v) is 5.84. The third-order valence-corrected chi connectivity index (χ3v) is 4.02. The van der Waals surface area contributed by atoms with Crippen molar-refractivity contribution >= 4 is 11.7 Å². The number of nitrogens with zero attached hydrogens (tertiary/aromatic N) is 2. The van der Waals surface area contributed by atoms with Crippen molar-refractivity contribution in [1.29, 1.82) is 5.26 Å². The molecule has 3 aliphatic rings. The highest BCUT2D eigenvalue weighted by Crippen LogP contribution is 2.42. The van der Waals surface area contributed by atoms with Gasteiger partial charge in [0, 0.05) is 5.92 Å². The number of hydrogen-bond donors (Lipinski definition) is 2. The van der Waals surface area contributed by atoms with Crippen LogP contribution < -0.4 is 10.6 Å². The highest BCUT2D eigenvalue weighted by atomic mass is 16.1. The summed E-state index contributed by atoms with van der Waals surface area (Å²) in [5, 5.41) is 14.2. The molecule has 16 heavy (non-hydrogen) atoms. The third-order valence-electron chi connectivity index (χ3n) is 4.02. The Balaban J connectivity index is 1.84. The van der Waals surface area contributed by atoms with Crippen molar-refractivity contribution in [2.45, 2.75) is 37.8 Å². The van der Waals surface area contributed by atoms with E-state index in [1.54, 1.807) is 0 Å². The molecule has 2 saturated carbocycles. The number of hydrogen-bond acceptors (Lipinski definition) is 5. The van der Waals surface area contributed by atoms with E-state index >= 15 is 0 Å². The van der Waals surface area contributed by atoms with Gasteiger partial charge in [-0.3, -0.25) is 10.1 Å². The Kier molecular flexibility index (Phi) is 2.10. The van der Waals surface area contributed by atoms with Gasteiger partial charge >= 0.3 is 0 Å². The van der Waals surface area contributed by atoms with Gasteiger partial charge in [-0.25, -0.2) is 4.99 Å². The lowest BCUT2D eigenvalue weighted by atomic mass is 9.80. The van der Waals surface area contributed by atoms with Crippen LogP contribution in [0, 0.1) is 23.3 Å². The Bertz CT molecular complexity index is 397. The number of carbonyl (C=O) groups is 1. The second-order valence-corrected chi connectivity index (χ2v) is 4.79. The molecule has 5 heteroatoms. The molecule has 2 N–H and O–H groups in total. The quantitative estimate of drug-likeness (QED) is 0.448. The van der Waals surface area contributed by atoms with Gasteiger partial charge in [0.15, 0.2) is 12.0 Å². The predicted molar refractivity (Wildman–Crippen MR) is 57.4 cm³/mol. The summed E-state index contributed by atoms with van der Waals surface area (Å²) in [6, 6.07) is -0.113. The van der Waals surface area contributed by atoms with Gasteiger partial charge in [-0.05, 0) is 18.8 Å². The lowest BCUT2D eigenvalue weighted by Gasteiger charge is -2.27. The summed E-state index contributed by atoms with van der Waals surface area (Å²) in [6.45, 7) is 0. The molecule has 1 aliphatic heterocycles. The molecule has 5 nitrogen and oxygen atoms in total. The van der Waals surface area contributed by atoms with E-state index < -0.39 is 0 Å². The first-order valence-electron chi connectivity index (χ1n) is 5.84. The van der Waals surface area contributed by atoms with Gasteiger partial charge in [-0.15, -0.1) is 0 Å². The molecular formula is C11H14N4O. The predicted octanol–water partition coefficient (Wildman–Crippen LogP) is 0.143. The molecule has 0 amide bonds. The van der Waals surface area contributed by atoms with Crippen LogP contribution in [0.1, 0.15) is 25.7 Å². The molecule has 0 bridgehead atoms. The van der Waals surface area contributed by atoms with Crippen LogP contribution in [0.25, 0.3) is 0 Å². The van der Waals surface area contributed by atoms with Crippen LogP contribution in [-0.2, 0) is 4.79 Å². The fourth-order valence-corrected chi connectivity index (χ4v) is 3.36. The normalized spacial score (nSPS) is 40.4. The molecule has 1 heterocycles. The highest BCUT2D eigenvalue weighted by molar-refractivity contribution is 5.97. The number of guanidine groups is 1. The van der Waals surface area contributed by atoms with Crippen LogP contribution in [0.3, 0.4) is 0 Å². The largest absolute Gasteiger partial charge is 0.350 e. The van der Waals surface area contributed by atoms with E-state index in [0.717, 1.165) is 12.8 Å². The zero-order valence-corrected chi connectivity index (χ0v) is 8.94. The Hall–Kier alpha value is -1.57. The first-order chi connectivity index (χ1) is 7.81. The summed E-state index contributed by atoms with van der Waals surface area (Å²) < 4.78 is 0. The number of rotatable bonds is 0. The number of Topliss-reactive ketones (excluding diaryl/α,β-unsaturated/α-hetero) is 1. The van der Waals surface area contributed by atoms with E-state index in [4.69, 9.17) is 5.26 Å². The number of fused-ring (bicyclic) bond motifs is 3. The van der Waals surface area contributed by atoms with Crippen molar-refractivity contribution < 1.29 is 4.79 Å². The third kappa shape index (κ3) is 1.22. The molecule has 0 aromatic rings. The molecule has 0 aromatic heterocycles. The van der Waals surface area contributed by atoms with Crippen molar-refractivity contribution in [3.8, 4) is 6.19 Å². The lowest BCUT2D eigenvalue weighted by molar-refractivity contribution is -0.122. The number of ketones is 1. The summed E-state index contributed by atoms with van der Waals surface area (Å²) in [4.78, 5) is 16.4. The second-order valence-electron chi connectivity index (χ2n) is 4.79. The minimum Gasteiger partial charge on any atom is -0.350 e. The van der Waals surface area contributed by atoms with Gasteiger partial charge in [-0.2, -0.15) is 5.26 Å². The molecule has 4 atom stereocenters. The Labute approximate surface area is 93.9 Å². The molecule has 2 fully saturated rings. The van der Waals surface area contributed by atoms with Gasteiger partial charge in [0.25, 0.3) is 0 Å². The van der Waals surface area contributed by atoms with Crippen LogP contribution in [-0.4, -0.2) is 23.8 Å². The van der Waals surface area contributed by atoms with Crippen LogP contribution in [0.5, 0.6) is 0 Å². The second kappa shape index (κ2) is 3.48. The van der Waals surface area contributed by atoms with Crippen LogP contribution in [0.4, 0.5) is 0 Å². The van der Waals surface area contributed by atoms with Gasteiger partial charge in [-0.1, -0.05) is 12.8 Å². The molecule has 0 aromatic carbocycles. The molecular weight excluding hydrogens is 204 g/mol. The van der Waals surface area contributed by atoms with E-state index in [2.05, 4.69) is 15.6 Å². The smallest absolute Gasteiger partial charge is 0.205 e. The average Bonchev–Trinajstić information content (AvgIpc) is 2.81. The number of aliphatic imine (C=N–C) groups is 1. The zero-order chi connectivity index (χ0) is 11.1. The Morgan fingerprint density at radius 2 is 2.25 bits per heavy atom. The number of carbonyl (C=O) groups excluding carboxylic acids is 1. The maximum absolute atomic E-state index is 12.1. The van der Waals surface area contributed by atoms with Gasteiger partial charge < -0.3 is 5.32 Å². The number of nitrogens with one attached hydrogen (secondary N) is 2. The molecule has 0 saturated heterocycles. The average molecular weight is 218 g/mol. The first kappa shape index (κ1) is 9.64. The van der Waals surface area contributed by atoms with Gasteiger partial charge in [0.05, 0.1) is 6.04 Å². The zero-order valence-electron chi connectivity index (χ0n) is 8.94. The van der Waals surface area contributed by atoms with Crippen LogP contribution in [0.15, 0.2) is 4.99 Å². The standard InChI is InChI=1S/C11H14N4O/c12-5-13-11-14-8-6-3-1-2-4-7(6)10(16)9(8)15-11/h6-9H,1-4H2,(H2,13,14,15). The van der Waals surface area contributed by atoms with Crippen molar-refractivity contribution in [2.75, 3.05) is 0 Å². The highest BCUT2D eigenvalue weighted by Gasteiger charge is 2.53. The van der Waals surface area contributed by atoms with Crippen molar-refractivity contribution in [3.63, 3.8) is 0 Å². The van der Waals surface area contributed by atoms with E-state index in [0.29, 0.717) is 11.9 Å². The lowest BCUT2D eigenvalue weighted by Crippen LogP contribution is -2.42. The summed E-state index contributed by atoms with van der Waals surface area (Å²) in [5.74, 6) is 1.38. The van der Waals surface area contributed by atoms with E-state index in [9.17, 15) is 4.79 Å². The molecule has 0 radical (unpaired) electrons. The van der Waals surface area contributed by atoms with Gasteiger partial charge in [0.1, 0.15) is 6.04 Å². The molecule has 2 aliphatic carbocycles.